The summed E-state index contributed by atoms with van der Waals surface area (Å²) in [6, 6.07) is 3.96. The van der Waals surface area contributed by atoms with Crippen molar-refractivity contribution in [1.82, 2.24) is 15.0 Å². The van der Waals surface area contributed by atoms with E-state index in [1.807, 2.05) is 19.1 Å². The fourth-order valence-electron chi connectivity index (χ4n) is 2.44. The van der Waals surface area contributed by atoms with Crippen LogP contribution in [0.5, 0.6) is 0 Å². The number of hydrogen-bond donors (Lipinski definition) is 0. The van der Waals surface area contributed by atoms with Gasteiger partial charge in [-0.25, -0.2) is 0 Å². The van der Waals surface area contributed by atoms with Crippen LogP contribution in [-0.2, 0) is 6.54 Å². The van der Waals surface area contributed by atoms with Crippen molar-refractivity contribution >= 4 is 0 Å². The van der Waals surface area contributed by atoms with Crippen LogP contribution in [0.25, 0.3) is 0 Å². The normalized spacial score (nSPS) is 18.3. The minimum atomic E-state index is 0.416. The van der Waals surface area contributed by atoms with E-state index < -0.39 is 0 Å². The van der Waals surface area contributed by atoms with Crippen molar-refractivity contribution in [1.29, 1.82) is 0 Å². The third-order valence-electron chi connectivity index (χ3n) is 3.44. The number of likely N-dealkylation sites (tertiary alicyclic amines) is 1. The van der Waals surface area contributed by atoms with Crippen molar-refractivity contribution in [3.8, 4) is 0 Å². The van der Waals surface area contributed by atoms with Gasteiger partial charge in [0.05, 0.1) is 12.8 Å². The molecule has 3 heterocycles. The average molecular weight is 247 g/mol. The Labute approximate surface area is 106 Å². The molecule has 0 aliphatic carbocycles. The second-order valence-corrected chi connectivity index (χ2v) is 4.81. The summed E-state index contributed by atoms with van der Waals surface area (Å²) in [5.74, 6) is 2.97. The molecule has 0 radical (unpaired) electrons. The van der Waals surface area contributed by atoms with Gasteiger partial charge in [0.2, 0.25) is 5.89 Å². The lowest BCUT2D eigenvalue weighted by molar-refractivity contribution is 0.176. The highest BCUT2D eigenvalue weighted by atomic mass is 16.5. The van der Waals surface area contributed by atoms with Crippen LogP contribution in [0.3, 0.4) is 0 Å². The number of rotatable bonds is 3. The van der Waals surface area contributed by atoms with Gasteiger partial charge in [0.1, 0.15) is 5.76 Å². The Morgan fingerprint density at radius 2 is 2.22 bits per heavy atom. The third kappa shape index (κ3) is 2.46. The van der Waals surface area contributed by atoms with Crippen molar-refractivity contribution in [3.63, 3.8) is 0 Å². The van der Waals surface area contributed by atoms with E-state index in [1.54, 1.807) is 6.26 Å². The molecule has 3 rings (SSSR count). The SMILES string of the molecule is Cc1noc(C2CCN(Cc3ccco3)CC2)n1. The lowest BCUT2D eigenvalue weighted by Crippen LogP contribution is -2.32. The van der Waals surface area contributed by atoms with Crippen molar-refractivity contribution in [3.05, 3.63) is 35.9 Å². The van der Waals surface area contributed by atoms with Crippen LogP contribution in [0.4, 0.5) is 0 Å². The van der Waals surface area contributed by atoms with E-state index in [-0.39, 0.29) is 0 Å². The summed E-state index contributed by atoms with van der Waals surface area (Å²) >= 11 is 0. The molecule has 1 aliphatic rings. The van der Waals surface area contributed by atoms with Gasteiger partial charge in [-0.1, -0.05) is 5.16 Å². The zero-order chi connectivity index (χ0) is 12.4. The summed E-state index contributed by atoms with van der Waals surface area (Å²) < 4.78 is 10.6. The van der Waals surface area contributed by atoms with Crippen LogP contribution in [0.15, 0.2) is 27.3 Å². The molecule has 5 heteroatoms. The van der Waals surface area contributed by atoms with E-state index in [0.717, 1.165) is 50.0 Å². The van der Waals surface area contributed by atoms with Crippen LogP contribution in [-0.4, -0.2) is 28.1 Å². The second kappa shape index (κ2) is 4.94. The van der Waals surface area contributed by atoms with E-state index >= 15 is 0 Å². The number of piperidine rings is 1. The van der Waals surface area contributed by atoms with Crippen LogP contribution in [0.2, 0.25) is 0 Å². The summed E-state index contributed by atoms with van der Waals surface area (Å²) in [6.07, 6.45) is 3.87. The van der Waals surface area contributed by atoms with Crippen molar-refractivity contribution in [2.24, 2.45) is 0 Å². The highest BCUT2D eigenvalue weighted by Gasteiger charge is 2.25. The summed E-state index contributed by atoms with van der Waals surface area (Å²) in [6.45, 7) is 4.85. The summed E-state index contributed by atoms with van der Waals surface area (Å²) in [4.78, 5) is 6.72. The molecule has 1 saturated heterocycles. The molecule has 0 N–H and O–H groups in total. The van der Waals surface area contributed by atoms with E-state index in [4.69, 9.17) is 8.94 Å². The number of furan rings is 1. The molecule has 0 unspecified atom stereocenters. The minimum Gasteiger partial charge on any atom is -0.468 e. The first-order valence-electron chi connectivity index (χ1n) is 6.36. The van der Waals surface area contributed by atoms with Gasteiger partial charge in [-0.3, -0.25) is 4.90 Å². The van der Waals surface area contributed by atoms with Gasteiger partial charge in [0.25, 0.3) is 0 Å². The maximum atomic E-state index is 5.37. The molecule has 0 spiro atoms. The van der Waals surface area contributed by atoms with Gasteiger partial charge in [-0.2, -0.15) is 4.98 Å². The van der Waals surface area contributed by atoms with Crippen LogP contribution < -0.4 is 0 Å². The zero-order valence-electron chi connectivity index (χ0n) is 10.5. The first-order chi connectivity index (χ1) is 8.81. The van der Waals surface area contributed by atoms with Gasteiger partial charge < -0.3 is 8.94 Å². The molecule has 0 amide bonds. The Kier molecular flexibility index (Phi) is 3.15. The maximum absolute atomic E-state index is 5.37. The fraction of sp³-hybridized carbons (Fsp3) is 0.538. The molecular weight excluding hydrogens is 230 g/mol. The molecule has 96 valence electrons. The molecule has 5 nitrogen and oxygen atoms in total. The molecule has 2 aromatic heterocycles. The Bertz CT molecular complexity index is 484. The van der Waals surface area contributed by atoms with Crippen molar-refractivity contribution in [2.45, 2.75) is 32.2 Å². The van der Waals surface area contributed by atoms with Crippen molar-refractivity contribution < 1.29 is 8.94 Å². The van der Waals surface area contributed by atoms with Gasteiger partial charge in [0.15, 0.2) is 5.82 Å². The fourth-order valence-corrected chi connectivity index (χ4v) is 2.44. The number of nitrogens with zero attached hydrogens (tertiary/aromatic N) is 3. The highest BCUT2D eigenvalue weighted by Crippen LogP contribution is 2.27. The van der Waals surface area contributed by atoms with Gasteiger partial charge in [-0.05, 0) is 45.0 Å². The summed E-state index contributed by atoms with van der Waals surface area (Å²) in [5.41, 5.74) is 0. The van der Waals surface area contributed by atoms with Crippen LogP contribution in [0, 0.1) is 6.92 Å². The molecule has 0 bridgehead atoms. The van der Waals surface area contributed by atoms with E-state index in [2.05, 4.69) is 15.0 Å². The Morgan fingerprint density at radius 3 is 2.83 bits per heavy atom. The average Bonchev–Trinajstić information content (AvgIpc) is 3.02. The van der Waals surface area contributed by atoms with E-state index in [1.165, 1.54) is 0 Å². The van der Waals surface area contributed by atoms with Gasteiger partial charge in [-0.15, -0.1) is 0 Å². The molecule has 2 aromatic rings. The lowest BCUT2D eigenvalue weighted by atomic mass is 9.97. The number of hydrogen-bond acceptors (Lipinski definition) is 5. The second-order valence-electron chi connectivity index (χ2n) is 4.81. The molecule has 0 atom stereocenters. The maximum Gasteiger partial charge on any atom is 0.229 e. The molecule has 0 saturated carbocycles. The van der Waals surface area contributed by atoms with Crippen LogP contribution in [0.1, 0.15) is 36.2 Å². The molecule has 1 fully saturated rings. The monoisotopic (exact) mass is 247 g/mol. The first kappa shape index (κ1) is 11.5. The topological polar surface area (TPSA) is 55.3 Å². The first-order valence-corrected chi connectivity index (χ1v) is 6.36. The molecular formula is C13H17N3O2. The van der Waals surface area contributed by atoms with Gasteiger partial charge in [0, 0.05) is 5.92 Å². The largest absolute Gasteiger partial charge is 0.468 e. The third-order valence-corrected chi connectivity index (χ3v) is 3.44. The molecule has 1 aliphatic heterocycles. The standard InChI is InChI=1S/C13H17N3O2/c1-10-14-13(18-15-10)11-4-6-16(7-5-11)9-12-3-2-8-17-12/h2-3,8,11H,4-7,9H2,1H3. The molecule has 18 heavy (non-hydrogen) atoms. The van der Waals surface area contributed by atoms with E-state index in [0.29, 0.717) is 5.92 Å². The highest BCUT2D eigenvalue weighted by molar-refractivity contribution is 5.00. The lowest BCUT2D eigenvalue weighted by Gasteiger charge is -2.29. The van der Waals surface area contributed by atoms with E-state index in [9.17, 15) is 0 Å². The summed E-state index contributed by atoms with van der Waals surface area (Å²) in [7, 11) is 0. The number of aryl methyl sites for hydroxylation is 1. The van der Waals surface area contributed by atoms with Gasteiger partial charge >= 0.3 is 0 Å². The minimum absolute atomic E-state index is 0.416. The molecule has 0 aromatic carbocycles. The van der Waals surface area contributed by atoms with Crippen molar-refractivity contribution in [2.75, 3.05) is 13.1 Å². The Morgan fingerprint density at radius 1 is 1.39 bits per heavy atom. The predicted molar refractivity (Wildman–Crippen MR) is 65.0 cm³/mol. The predicted octanol–water partition coefficient (Wildman–Crippen LogP) is 2.35. The Hall–Kier alpha value is -1.62. The summed E-state index contributed by atoms with van der Waals surface area (Å²) in [5, 5.41) is 3.86. The smallest absolute Gasteiger partial charge is 0.229 e. The van der Waals surface area contributed by atoms with Crippen LogP contribution >= 0.6 is 0 Å². The number of aromatic nitrogens is 2. The zero-order valence-corrected chi connectivity index (χ0v) is 10.5. The quantitative estimate of drug-likeness (QED) is 0.833. The Balaban J connectivity index is 1.55.